The van der Waals surface area contributed by atoms with Gasteiger partial charge in [-0.2, -0.15) is 0 Å². The third-order valence-electron chi connectivity index (χ3n) is 3.03. The number of urea groups is 1. The van der Waals surface area contributed by atoms with Crippen molar-refractivity contribution >= 4 is 6.03 Å². The normalized spacial score (nSPS) is 24.5. The molecule has 0 aromatic carbocycles. The van der Waals surface area contributed by atoms with Gasteiger partial charge in [0, 0.05) is 52.4 Å². The standard InChI is InChI=1S/C9H18N4O/c1-10-9(14)13-6-8(7-13)12-4-2-11-3-5-12/h8,11H,2-7H2,1H3,(H,10,14). The molecule has 0 bridgehead atoms. The lowest BCUT2D eigenvalue weighted by atomic mass is 10.1. The molecule has 0 atom stereocenters. The van der Waals surface area contributed by atoms with Crippen LogP contribution < -0.4 is 10.6 Å². The first-order valence-corrected chi connectivity index (χ1v) is 5.22. The Bertz CT molecular complexity index is 209. The molecular weight excluding hydrogens is 180 g/mol. The largest absolute Gasteiger partial charge is 0.341 e. The summed E-state index contributed by atoms with van der Waals surface area (Å²) in [6.45, 7) is 6.17. The van der Waals surface area contributed by atoms with Crippen LogP contribution in [-0.4, -0.2) is 68.2 Å². The average molecular weight is 198 g/mol. The molecule has 2 amide bonds. The molecule has 5 heteroatoms. The molecule has 0 spiro atoms. The van der Waals surface area contributed by atoms with Gasteiger partial charge >= 0.3 is 6.03 Å². The molecule has 80 valence electrons. The van der Waals surface area contributed by atoms with E-state index in [9.17, 15) is 4.79 Å². The molecule has 0 radical (unpaired) electrons. The second-order valence-electron chi connectivity index (χ2n) is 3.90. The van der Waals surface area contributed by atoms with Crippen LogP contribution >= 0.6 is 0 Å². The molecule has 5 nitrogen and oxygen atoms in total. The first-order chi connectivity index (χ1) is 6.81. The van der Waals surface area contributed by atoms with Crippen LogP contribution in [0.2, 0.25) is 0 Å². The van der Waals surface area contributed by atoms with Crippen LogP contribution in [0.1, 0.15) is 0 Å². The summed E-state index contributed by atoms with van der Waals surface area (Å²) in [6, 6.07) is 0.644. The molecule has 2 rings (SSSR count). The topological polar surface area (TPSA) is 47.6 Å². The van der Waals surface area contributed by atoms with Crippen molar-refractivity contribution in [2.45, 2.75) is 6.04 Å². The number of rotatable bonds is 1. The molecule has 2 aliphatic heterocycles. The van der Waals surface area contributed by atoms with Gasteiger partial charge < -0.3 is 15.5 Å². The second kappa shape index (κ2) is 4.14. The highest BCUT2D eigenvalue weighted by Crippen LogP contribution is 2.14. The van der Waals surface area contributed by atoms with Crippen LogP contribution in [0.5, 0.6) is 0 Å². The van der Waals surface area contributed by atoms with Gasteiger partial charge in [0.05, 0.1) is 0 Å². The third-order valence-corrected chi connectivity index (χ3v) is 3.03. The van der Waals surface area contributed by atoms with E-state index in [1.54, 1.807) is 7.05 Å². The molecule has 2 N–H and O–H groups in total. The Morgan fingerprint density at radius 3 is 2.57 bits per heavy atom. The van der Waals surface area contributed by atoms with E-state index in [0.717, 1.165) is 39.3 Å². The quantitative estimate of drug-likeness (QED) is 0.563. The number of hydrogen-bond donors (Lipinski definition) is 2. The van der Waals surface area contributed by atoms with Crippen molar-refractivity contribution < 1.29 is 4.79 Å². The number of nitrogens with zero attached hydrogens (tertiary/aromatic N) is 2. The van der Waals surface area contributed by atoms with Gasteiger partial charge in [-0.15, -0.1) is 0 Å². The Morgan fingerprint density at radius 1 is 1.36 bits per heavy atom. The van der Waals surface area contributed by atoms with Crippen LogP contribution in [0, 0.1) is 0 Å². The molecule has 0 aliphatic carbocycles. The van der Waals surface area contributed by atoms with E-state index in [1.165, 1.54) is 0 Å². The van der Waals surface area contributed by atoms with Gasteiger partial charge in [0.1, 0.15) is 0 Å². The number of carbonyl (C=O) groups excluding carboxylic acids is 1. The molecule has 2 heterocycles. The maximum atomic E-state index is 11.2. The van der Waals surface area contributed by atoms with Gasteiger partial charge in [-0.3, -0.25) is 4.90 Å². The lowest BCUT2D eigenvalue weighted by molar-refractivity contribution is 0.0500. The van der Waals surface area contributed by atoms with E-state index in [4.69, 9.17) is 0 Å². The van der Waals surface area contributed by atoms with Gasteiger partial charge in [0.2, 0.25) is 0 Å². The fourth-order valence-corrected chi connectivity index (χ4v) is 2.06. The molecule has 2 saturated heterocycles. The SMILES string of the molecule is CNC(=O)N1CC(N2CCNCC2)C1. The Morgan fingerprint density at radius 2 is 2.00 bits per heavy atom. The fraction of sp³-hybridized carbons (Fsp3) is 0.889. The molecule has 0 aromatic heterocycles. The van der Waals surface area contributed by atoms with Crippen molar-refractivity contribution in [3.8, 4) is 0 Å². The summed E-state index contributed by atoms with van der Waals surface area (Å²) >= 11 is 0. The van der Waals surface area contributed by atoms with Crippen molar-refractivity contribution in [2.75, 3.05) is 46.3 Å². The van der Waals surface area contributed by atoms with Gasteiger partial charge in [-0.1, -0.05) is 0 Å². The minimum atomic E-state index is 0.0522. The van der Waals surface area contributed by atoms with Crippen LogP contribution in [0.15, 0.2) is 0 Å². The van der Waals surface area contributed by atoms with Crippen molar-refractivity contribution in [1.82, 2.24) is 20.4 Å². The second-order valence-corrected chi connectivity index (χ2v) is 3.90. The average Bonchev–Trinajstić information content (AvgIpc) is 2.17. The highest BCUT2D eigenvalue weighted by molar-refractivity contribution is 5.74. The lowest BCUT2D eigenvalue weighted by Crippen LogP contribution is -2.65. The smallest absolute Gasteiger partial charge is 0.317 e. The molecule has 14 heavy (non-hydrogen) atoms. The van der Waals surface area contributed by atoms with Gasteiger partial charge in [0.15, 0.2) is 0 Å². The summed E-state index contributed by atoms with van der Waals surface area (Å²) in [4.78, 5) is 15.5. The van der Waals surface area contributed by atoms with Crippen LogP contribution in [-0.2, 0) is 0 Å². The molecule has 0 unspecified atom stereocenters. The van der Waals surface area contributed by atoms with Crippen LogP contribution in [0.3, 0.4) is 0 Å². The summed E-state index contributed by atoms with van der Waals surface area (Å²) in [6.07, 6.45) is 0. The highest BCUT2D eigenvalue weighted by atomic mass is 16.2. The van der Waals surface area contributed by atoms with Gasteiger partial charge in [-0.25, -0.2) is 4.79 Å². The van der Waals surface area contributed by atoms with Crippen molar-refractivity contribution in [2.24, 2.45) is 0 Å². The molecule has 2 fully saturated rings. The van der Waals surface area contributed by atoms with E-state index < -0.39 is 0 Å². The predicted octanol–water partition coefficient (Wildman–Crippen LogP) is -1.08. The first-order valence-electron chi connectivity index (χ1n) is 5.22. The monoisotopic (exact) mass is 198 g/mol. The summed E-state index contributed by atoms with van der Waals surface area (Å²) in [5.74, 6) is 0. The molecule has 0 saturated carbocycles. The van der Waals surface area contributed by atoms with E-state index in [1.807, 2.05) is 4.90 Å². The zero-order chi connectivity index (χ0) is 9.97. The summed E-state index contributed by atoms with van der Waals surface area (Å²) < 4.78 is 0. The van der Waals surface area contributed by atoms with E-state index in [2.05, 4.69) is 15.5 Å². The van der Waals surface area contributed by atoms with Gasteiger partial charge in [-0.05, 0) is 0 Å². The number of carbonyl (C=O) groups is 1. The molecule has 2 aliphatic rings. The van der Waals surface area contributed by atoms with E-state index in [0.29, 0.717) is 6.04 Å². The van der Waals surface area contributed by atoms with E-state index in [-0.39, 0.29) is 6.03 Å². The summed E-state index contributed by atoms with van der Waals surface area (Å²) in [5.41, 5.74) is 0. The Kier molecular flexibility index (Phi) is 2.88. The number of nitrogens with one attached hydrogen (secondary N) is 2. The number of amides is 2. The maximum absolute atomic E-state index is 11.2. The predicted molar refractivity (Wildman–Crippen MR) is 54.3 cm³/mol. The third kappa shape index (κ3) is 1.83. The summed E-state index contributed by atoms with van der Waals surface area (Å²) in [7, 11) is 1.68. The van der Waals surface area contributed by atoms with Gasteiger partial charge in [0.25, 0.3) is 0 Å². The Hall–Kier alpha value is -0.810. The minimum Gasteiger partial charge on any atom is -0.341 e. The first kappa shape index (κ1) is 9.73. The van der Waals surface area contributed by atoms with Crippen LogP contribution in [0.25, 0.3) is 0 Å². The molecule has 0 aromatic rings. The fourth-order valence-electron chi connectivity index (χ4n) is 2.06. The van der Waals surface area contributed by atoms with Crippen LogP contribution in [0.4, 0.5) is 4.79 Å². The number of likely N-dealkylation sites (tertiary alicyclic amines) is 1. The number of piperazine rings is 1. The summed E-state index contributed by atoms with van der Waals surface area (Å²) in [5, 5.41) is 5.97. The van der Waals surface area contributed by atoms with E-state index >= 15 is 0 Å². The van der Waals surface area contributed by atoms with Crippen molar-refractivity contribution in [3.05, 3.63) is 0 Å². The maximum Gasteiger partial charge on any atom is 0.317 e. The molecular formula is C9H18N4O. The Balaban J connectivity index is 1.73. The Labute approximate surface area is 84.4 Å². The van der Waals surface area contributed by atoms with Crippen molar-refractivity contribution in [3.63, 3.8) is 0 Å². The highest BCUT2D eigenvalue weighted by Gasteiger charge is 2.34. The lowest BCUT2D eigenvalue weighted by Gasteiger charge is -2.46. The zero-order valence-corrected chi connectivity index (χ0v) is 8.62. The minimum absolute atomic E-state index is 0.0522. The van der Waals surface area contributed by atoms with Crippen molar-refractivity contribution in [1.29, 1.82) is 0 Å². The number of hydrogen-bond acceptors (Lipinski definition) is 3. The zero-order valence-electron chi connectivity index (χ0n) is 8.62.